The van der Waals surface area contributed by atoms with E-state index in [9.17, 15) is 14.4 Å². The van der Waals surface area contributed by atoms with E-state index in [4.69, 9.17) is 4.74 Å². The van der Waals surface area contributed by atoms with Gasteiger partial charge in [0.1, 0.15) is 6.04 Å². The summed E-state index contributed by atoms with van der Waals surface area (Å²) in [4.78, 5) is 40.9. The highest BCUT2D eigenvalue weighted by Crippen LogP contribution is 2.09. The van der Waals surface area contributed by atoms with Crippen LogP contribution in [0.25, 0.3) is 0 Å². The number of hydrogen-bond acceptors (Lipinski definition) is 4. The molecule has 0 aromatic heterocycles. The number of amides is 4. The van der Waals surface area contributed by atoms with Gasteiger partial charge in [-0.1, -0.05) is 97.1 Å². The van der Waals surface area contributed by atoms with E-state index in [0.29, 0.717) is 52.1 Å². The smallest absolute Gasteiger partial charge is 0.318 e. The van der Waals surface area contributed by atoms with Crippen LogP contribution in [0.1, 0.15) is 23.1 Å². The van der Waals surface area contributed by atoms with Gasteiger partial charge >= 0.3 is 6.03 Å². The first-order valence-corrected chi connectivity index (χ1v) is 14.1. The zero-order chi connectivity index (χ0) is 28.7. The Morgan fingerprint density at radius 2 is 1.37 bits per heavy atom. The van der Waals surface area contributed by atoms with E-state index in [-0.39, 0.29) is 17.8 Å². The predicted molar refractivity (Wildman–Crippen MR) is 159 cm³/mol. The third-order valence-electron chi connectivity index (χ3n) is 6.90. The van der Waals surface area contributed by atoms with Gasteiger partial charge in [0.05, 0.1) is 13.2 Å². The molecule has 4 rings (SSSR count). The summed E-state index contributed by atoms with van der Waals surface area (Å²) in [5, 5.41) is 8.90. The van der Waals surface area contributed by atoms with Gasteiger partial charge in [0.15, 0.2) is 0 Å². The summed E-state index contributed by atoms with van der Waals surface area (Å²) >= 11 is 0. The second-order valence-corrected chi connectivity index (χ2v) is 9.99. The maximum absolute atomic E-state index is 13.6. The number of ether oxygens (including phenoxy) is 1. The fourth-order valence-corrected chi connectivity index (χ4v) is 4.58. The molecule has 8 nitrogen and oxygen atoms in total. The van der Waals surface area contributed by atoms with Crippen LogP contribution >= 0.6 is 0 Å². The van der Waals surface area contributed by atoms with Crippen molar-refractivity contribution in [1.29, 1.82) is 0 Å². The minimum Gasteiger partial charge on any atom is -0.378 e. The van der Waals surface area contributed by atoms with Gasteiger partial charge < -0.3 is 25.6 Å². The topological polar surface area (TPSA) is 99.8 Å². The Hall–Kier alpha value is -4.43. The zero-order valence-corrected chi connectivity index (χ0v) is 23.2. The summed E-state index contributed by atoms with van der Waals surface area (Å²) in [6.45, 7) is 2.32. The maximum atomic E-state index is 13.6. The molecule has 41 heavy (non-hydrogen) atoms. The molecular weight excluding hydrogens is 516 g/mol. The first-order chi connectivity index (χ1) is 20.1. The van der Waals surface area contributed by atoms with Gasteiger partial charge in [-0.05, 0) is 29.5 Å². The minimum atomic E-state index is -0.785. The fourth-order valence-electron chi connectivity index (χ4n) is 4.58. The Bertz CT molecular complexity index is 1260. The van der Waals surface area contributed by atoms with E-state index in [2.05, 4.69) is 16.0 Å². The number of nitrogens with one attached hydrogen (secondary N) is 3. The normalized spacial score (nSPS) is 14.7. The zero-order valence-electron chi connectivity index (χ0n) is 23.2. The van der Waals surface area contributed by atoms with Crippen LogP contribution in [0.5, 0.6) is 0 Å². The SMILES string of the molecule is O=C(C=CC(CCc1ccccc1)NC(=O)C(Cc1ccccc1)NC(=O)N1CCOCC1)NCc1ccccc1. The van der Waals surface area contributed by atoms with Crippen molar-refractivity contribution < 1.29 is 19.1 Å². The van der Waals surface area contributed by atoms with E-state index in [1.165, 1.54) is 6.08 Å². The van der Waals surface area contributed by atoms with Crippen LogP contribution in [0.3, 0.4) is 0 Å². The molecule has 1 aliphatic heterocycles. The molecule has 0 spiro atoms. The number of nitrogens with zero attached hydrogens (tertiary/aromatic N) is 1. The third kappa shape index (κ3) is 10.2. The molecule has 1 aliphatic rings. The Balaban J connectivity index is 1.44. The van der Waals surface area contributed by atoms with Gasteiger partial charge in [-0.15, -0.1) is 0 Å². The molecule has 2 unspecified atom stereocenters. The van der Waals surface area contributed by atoms with Gasteiger partial charge in [-0.25, -0.2) is 4.79 Å². The number of morpholine rings is 1. The van der Waals surface area contributed by atoms with E-state index >= 15 is 0 Å². The van der Waals surface area contributed by atoms with Crippen molar-refractivity contribution in [1.82, 2.24) is 20.9 Å². The van der Waals surface area contributed by atoms with E-state index in [0.717, 1.165) is 16.7 Å². The lowest BCUT2D eigenvalue weighted by Gasteiger charge is -2.29. The van der Waals surface area contributed by atoms with Crippen molar-refractivity contribution in [3.63, 3.8) is 0 Å². The number of carbonyl (C=O) groups is 3. The van der Waals surface area contributed by atoms with Crippen molar-refractivity contribution in [2.75, 3.05) is 26.3 Å². The van der Waals surface area contributed by atoms with Crippen molar-refractivity contribution >= 4 is 17.8 Å². The van der Waals surface area contributed by atoms with Gasteiger partial charge in [0.2, 0.25) is 11.8 Å². The Morgan fingerprint density at radius 3 is 2.00 bits per heavy atom. The highest BCUT2D eigenvalue weighted by Gasteiger charge is 2.26. The Labute approximate surface area is 241 Å². The summed E-state index contributed by atoms with van der Waals surface area (Å²) in [6, 6.07) is 27.8. The highest BCUT2D eigenvalue weighted by molar-refractivity contribution is 5.89. The molecule has 1 saturated heterocycles. The quantitative estimate of drug-likeness (QED) is 0.298. The van der Waals surface area contributed by atoms with Crippen molar-refractivity contribution in [2.45, 2.75) is 37.9 Å². The monoisotopic (exact) mass is 554 g/mol. The minimum absolute atomic E-state index is 0.241. The van der Waals surface area contributed by atoms with Crippen molar-refractivity contribution in [2.24, 2.45) is 0 Å². The van der Waals surface area contributed by atoms with Crippen LogP contribution in [0.2, 0.25) is 0 Å². The summed E-state index contributed by atoms with van der Waals surface area (Å²) in [5.74, 6) is -0.544. The Morgan fingerprint density at radius 1 is 0.780 bits per heavy atom. The first-order valence-electron chi connectivity index (χ1n) is 14.1. The second kappa shape index (κ2) is 16.0. The molecule has 0 saturated carbocycles. The van der Waals surface area contributed by atoms with Crippen LogP contribution in [0, 0.1) is 0 Å². The van der Waals surface area contributed by atoms with Crippen LogP contribution in [-0.2, 0) is 33.7 Å². The third-order valence-corrected chi connectivity index (χ3v) is 6.90. The van der Waals surface area contributed by atoms with Crippen LogP contribution in [0.15, 0.2) is 103 Å². The number of benzene rings is 3. The van der Waals surface area contributed by atoms with Gasteiger partial charge in [0.25, 0.3) is 0 Å². The van der Waals surface area contributed by atoms with Crippen LogP contribution in [0.4, 0.5) is 4.79 Å². The molecule has 0 radical (unpaired) electrons. The lowest BCUT2D eigenvalue weighted by molar-refractivity contribution is -0.123. The van der Waals surface area contributed by atoms with E-state index < -0.39 is 12.1 Å². The molecule has 0 bridgehead atoms. The number of rotatable bonds is 12. The molecule has 3 aromatic carbocycles. The summed E-state index contributed by atoms with van der Waals surface area (Å²) < 4.78 is 5.36. The molecule has 214 valence electrons. The predicted octanol–water partition coefficient (Wildman–Crippen LogP) is 3.63. The first kappa shape index (κ1) is 29.6. The number of aryl methyl sites for hydroxylation is 1. The number of hydrogen-bond donors (Lipinski definition) is 3. The summed E-state index contributed by atoms with van der Waals surface area (Å²) in [7, 11) is 0. The molecular formula is C33H38N4O4. The highest BCUT2D eigenvalue weighted by atomic mass is 16.5. The largest absolute Gasteiger partial charge is 0.378 e. The van der Waals surface area contributed by atoms with Crippen LogP contribution < -0.4 is 16.0 Å². The number of carbonyl (C=O) groups excluding carboxylic acids is 3. The van der Waals surface area contributed by atoms with E-state index in [1.54, 1.807) is 11.0 Å². The van der Waals surface area contributed by atoms with Gasteiger partial charge in [0, 0.05) is 38.2 Å². The molecule has 8 heteroatoms. The fraction of sp³-hybridized carbons (Fsp3) is 0.303. The standard InChI is InChI=1S/C33H38N4O4/c38-31(34-25-28-14-8-3-9-15-28)19-18-29(17-16-26-10-4-1-5-11-26)35-32(39)30(24-27-12-6-2-7-13-27)36-33(40)37-20-22-41-23-21-37/h1-15,18-19,29-30H,16-17,20-25H2,(H,34,38)(H,35,39)(H,36,40). The Kier molecular flexibility index (Phi) is 11.5. The summed E-state index contributed by atoms with van der Waals surface area (Å²) in [5.41, 5.74) is 3.07. The molecule has 3 N–H and O–H groups in total. The average molecular weight is 555 g/mol. The molecule has 1 fully saturated rings. The van der Waals surface area contributed by atoms with Crippen molar-refractivity contribution in [3.05, 3.63) is 120 Å². The maximum Gasteiger partial charge on any atom is 0.318 e. The lowest BCUT2D eigenvalue weighted by atomic mass is 10.0. The van der Waals surface area contributed by atoms with Crippen LogP contribution in [-0.4, -0.2) is 61.1 Å². The molecule has 0 aliphatic carbocycles. The van der Waals surface area contributed by atoms with Gasteiger partial charge in [-0.3, -0.25) is 9.59 Å². The van der Waals surface area contributed by atoms with Gasteiger partial charge in [-0.2, -0.15) is 0 Å². The second-order valence-electron chi connectivity index (χ2n) is 9.99. The average Bonchev–Trinajstić information content (AvgIpc) is 3.02. The summed E-state index contributed by atoms with van der Waals surface area (Å²) in [6.07, 6.45) is 4.84. The number of urea groups is 1. The molecule has 2 atom stereocenters. The van der Waals surface area contributed by atoms with Crippen molar-refractivity contribution in [3.8, 4) is 0 Å². The van der Waals surface area contributed by atoms with E-state index in [1.807, 2.05) is 91.0 Å². The molecule has 3 aromatic rings. The lowest BCUT2D eigenvalue weighted by Crippen LogP contribution is -2.55. The molecule has 1 heterocycles. The molecule has 4 amide bonds.